The van der Waals surface area contributed by atoms with Crippen molar-refractivity contribution in [1.82, 2.24) is 5.06 Å². The van der Waals surface area contributed by atoms with Crippen LogP contribution in [0.5, 0.6) is 0 Å². The van der Waals surface area contributed by atoms with Gasteiger partial charge >= 0.3 is 5.97 Å². The zero-order chi connectivity index (χ0) is 12.9. The molecule has 16 heavy (non-hydrogen) atoms. The van der Waals surface area contributed by atoms with E-state index < -0.39 is 21.1 Å². The zero-order valence-electron chi connectivity index (χ0n) is 10.9. The second-order valence-corrected chi connectivity index (χ2v) is 6.72. The minimum atomic E-state index is -1.00. The Labute approximate surface area is 99.0 Å². The second-order valence-electron chi connectivity index (χ2n) is 4.72. The molecule has 1 radical (unpaired) electrons. The van der Waals surface area contributed by atoms with Gasteiger partial charge in [-0.25, -0.2) is 0 Å². The van der Waals surface area contributed by atoms with Crippen LogP contribution in [0.25, 0.3) is 0 Å². The molecule has 1 N–H and O–H groups in total. The minimum Gasteiger partial charge on any atom is -0.468 e. The molecule has 0 saturated carbocycles. The normalized spacial score (nSPS) is 14.3. The molecule has 0 bridgehead atoms. The first-order valence-electron chi connectivity index (χ1n) is 5.20. The van der Waals surface area contributed by atoms with Crippen molar-refractivity contribution in [2.75, 3.05) is 13.7 Å². The highest BCUT2D eigenvalue weighted by molar-refractivity contribution is 6.48. The van der Waals surface area contributed by atoms with Crippen molar-refractivity contribution >= 4 is 15.0 Å². The number of hydrogen-bond acceptors (Lipinski definition) is 5. The maximum absolute atomic E-state index is 11.5. The van der Waals surface area contributed by atoms with Crippen LogP contribution in [0, 0.1) is 0 Å². The number of rotatable bonds is 5. The fourth-order valence-electron chi connectivity index (χ4n) is 1.25. The van der Waals surface area contributed by atoms with E-state index in [1.165, 1.54) is 12.2 Å². The predicted octanol–water partition coefficient (Wildman–Crippen LogP) is 0.803. The number of carbonyl (C=O) groups is 1. The number of ether oxygens (including phenoxy) is 1. The fourth-order valence-corrected chi connectivity index (χ4v) is 2.04. The molecule has 0 saturated heterocycles. The molecule has 0 heterocycles. The number of hydrogen-bond donors (Lipinski definition) is 1. The number of aliphatic hydroxyl groups is 1. The van der Waals surface area contributed by atoms with E-state index in [4.69, 9.17) is 4.53 Å². The van der Waals surface area contributed by atoms with Gasteiger partial charge in [-0.15, -0.1) is 0 Å². The third-order valence-corrected chi connectivity index (χ3v) is 2.43. The van der Waals surface area contributed by atoms with Gasteiger partial charge in [0, 0.05) is 5.54 Å². The maximum atomic E-state index is 11.5. The highest BCUT2D eigenvalue weighted by Crippen LogP contribution is 2.19. The molecular weight excluding hydrogens is 226 g/mol. The summed E-state index contributed by atoms with van der Waals surface area (Å²) in [6, 6.07) is -0.773. The molecule has 5 nitrogen and oxygen atoms in total. The Morgan fingerprint density at radius 3 is 2.19 bits per heavy atom. The minimum absolute atomic E-state index is 0.320. The topological polar surface area (TPSA) is 59.0 Å². The van der Waals surface area contributed by atoms with E-state index in [1.54, 1.807) is 0 Å². The number of methoxy groups -OCH3 is 1. The van der Waals surface area contributed by atoms with E-state index in [-0.39, 0.29) is 12.1 Å². The predicted molar refractivity (Wildman–Crippen MR) is 63.0 cm³/mol. The van der Waals surface area contributed by atoms with Gasteiger partial charge in [-0.2, -0.15) is 5.06 Å². The number of aliphatic hydroxyl groups excluding tert-OH is 1. The van der Waals surface area contributed by atoms with Crippen LogP contribution < -0.4 is 0 Å². The van der Waals surface area contributed by atoms with Crippen molar-refractivity contribution in [3.05, 3.63) is 0 Å². The average Bonchev–Trinajstić information content (AvgIpc) is 2.15. The van der Waals surface area contributed by atoms with Crippen molar-refractivity contribution < 1.29 is 19.2 Å². The van der Waals surface area contributed by atoms with E-state index in [1.807, 2.05) is 33.9 Å². The molecule has 0 amide bonds. The summed E-state index contributed by atoms with van der Waals surface area (Å²) >= 11 is 0. The summed E-state index contributed by atoms with van der Waals surface area (Å²) < 4.78 is 10.3. The summed E-state index contributed by atoms with van der Waals surface area (Å²) in [7, 11) is 0.297. The zero-order valence-corrected chi connectivity index (χ0v) is 11.9. The van der Waals surface area contributed by atoms with Crippen LogP contribution in [0.1, 0.15) is 20.8 Å². The van der Waals surface area contributed by atoms with Crippen LogP contribution in [-0.2, 0) is 14.1 Å². The van der Waals surface area contributed by atoms with Crippen LogP contribution in [0.15, 0.2) is 0 Å². The van der Waals surface area contributed by atoms with Gasteiger partial charge in [0.1, 0.15) is 0 Å². The summed E-state index contributed by atoms with van der Waals surface area (Å²) in [6.45, 7) is 9.37. The number of hydroxylamine groups is 2. The van der Waals surface area contributed by atoms with E-state index in [2.05, 4.69) is 4.74 Å². The van der Waals surface area contributed by atoms with Crippen LogP contribution >= 0.6 is 0 Å². The Kier molecular flexibility index (Phi) is 6.17. The summed E-state index contributed by atoms with van der Waals surface area (Å²) in [6.07, 6.45) is 0. The highest BCUT2D eigenvalue weighted by Gasteiger charge is 2.35. The van der Waals surface area contributed by atoms with Crippen molar-refractivity contribution in [2.24, 2.45) is 0 Å². The van der Waals surface area contributed by atoms with Gasteiger partial charge in [0.15, 0.2) is 6.04 Å². The Bertz CT molecular complexity index is 227. The molecule has 95 valence electrons. The molecule has 0 aliphatic rings. The van der Waals surface area contributed by atoms with Gasteiger partial charge < -0.3 is 14.4 Å². The standard InChI is InChI=1S/C10H22NO4Si/c1-10(2,3)11(15-16(5)6)8(7-12)9(13)14-4/h8,12H,7H2,1-6H3/t8-/m0/s1. The van der Waals surface area contributed by atoms with E-state index >= 15 is 0 Å². The van der Waals surface area contributed by atoms with Crippen molar-refractivity contribution in [1.29, 1.82) is 0 Å². The lowest BCUT2D eigenvalue weighted by atomic mass is 10.1. The quantitative estimate of drug-likeness (QED) is 0.443. The largest absolute Gasteiger partial charge is 0.468 e. The monoisotopic (exact) mass is 248 g/mol. The maximum Gasteiger partial charge on any atom is 0.327 e. The van der Waals surface area contributed by atoms with Crippen LogP contribution in [0.4, 0.5) is 0 Å². The summed E-state index contributed by atoms with van der Waals surface area (Å²) in [5.74, 6) is -0.485. The van der Waals surface area contributed by atoms with Gasteiger partial charge in [0.05, 0.1) is 13.7 Å². The fraction of sp³-hybridized carbons (Fsp3) is 0.900. The first-order chi connectivity index (χ1) is 7.23. The van der Waals surface area contributed by atoms with Gasteiger partial charge in [-0.1, -0.05) is 0 Å². The third kappa shape index (κ3) is 4.61. The van der Waals surface area contributed by atoms with E-state index in [0.29, 0.717) is 0 Å². The Morgan fingerprint density at radius 2 is 1.94 bits per heavy atom. The van der Waals surface area contributed by atoms with Crippen molar-refractivity contribution in [2.45, 2.75) is 45.4 Å². The highest BCUT2D eigenvalue weighted by atomic mass is 28.3. The van der Waals surface area contributed by atoms with Crippen LogP contribution in [0.2, 0.25) is 13.1 Å². The molecule has 0 fully saturated rings. The van der Waals surface area contributed by atoms with Gasteiger partial charge in [-0.3, -0.25) is 4.79 Å². The number of nitrogens with zero attached hydrogens (tertiary/aromatic N) is 1. The molecule has 0 aromatic rings. The lowest BCUT2D eigenvalue weighted by molar-refractivity contribution is -0.193. The molecule has 0 aromatic carbocycles. The number of carbonyl (C=O) groups excluding carboxylic acids is 1. The Hall–Kier alpha value is -0.433. The molecule has 0 aliphatic carbocycles. The third-order valence-electron chi connectivity index (χ3n) is 1.87. The molecule has 0 aliphatic heterocycles. The van der Waals surface area contributed by atoms with Crippen molar-refractivity contribution in [3.8, 4) is 0 Å². The molecular formula is C10H22NO4Si. The summed E-state index contributed by atoms with van der Waals surface area (Å²) in [5, 5.41) is 10.8. The first-order valence-corrected chi connectivity index (χ1v) is 7.61. The first kappa shape index (κ1) is 15.6. The molecule has 6 heteroatoms. The van der Waals surface area contributed by atoms with Crippen LogP contribution in [0.3, 0.4) is 0 Å². The molecule has 0 unspecified atom stereocenters. The van der Waals surface area contributed by atoms with Gasteiger partial charge in [0.25, 0.3) is 0 Å². The SMILES string of the molecule is COC(=O)[C@H](CO)N(O[Si](C)C)C(C)(C)C. The Balaban J connectivity index is 4.91. The lowest BCUT2D eigenvalue weighted by Crippen LogP contribution is -2.54. The molecule has 0 spiro atoms. The van der Waals surface area contributed by atoms with Gasteiger partial charge in [-0.05, 0) is 33.9 Å². The lowest BCUT2D eigenvalue weighted by Gasteiger charge is -2.39. The van der Waals surface area contributed by atoms with E-state index in [0.717, 1.165) is 0 Å². The second kappa shape index (κ2) is 6.34. The smallest absolute Gasteiger partial charge is 0.327 e. The molecule has 0 rings (SSSR count). The van der Waals surface area contributed by atoms with E-state index in [9.17, 15) is 9.90 Å². The van der Waals surface area contributed by atoms with Crippen LogP contribution in [-0.4, -0.2) is 50.5 Å². The molecule has 0 aromatic heterocycles. The summed E-state index contributed by atoms with van der Waals surface area (Å²) in [5.41, 5.74) is -0.372. The molecule has 1 atom stereocenters. The average molecular weight is 248 g/mol. The Morgan fingerprint density at radius 1 is 1.44 bits per heavy atom. The van der Waals surface area contributed by atoms with Gasteiger partial charge in [0.2, 0.25) is 9.04 Å². The van der Waals surface area contributed by atoms with Crippen molar-refractivity contribution in [3.63, 3.8) is 0 Å². The number of esters is 1. The summed E-state index contributed by atoms with van der Waals surface area (Å²) in [4.78, 5) is 11.5.